The van der Waals surface area contributed by atoms with Crippen molar-refractivity contribution in [3.8, 4) is 0 Å². The van der Waals surface area contributed by atoms with Crippen molar-refractivity contribution in [3.63, 3.8) is 0 Å². The number of halogens is 2. The molecule has 2 atom stereocenters. The lowest BCUT2D eigenvalue weighted by Gasteiger charge is -2.24. The molecular formula is C18H22ClFN2O2S. The third-order valence-corrected chi connectivity index (χ3v) is 6.24. The van der Waals surface area contributed by atoms with Crippen LogP contribution >= 0.6 is 23.7 Å². The highest BCUT2D eigenvalue weighted by Crippen LogP contribution is 2.35. The summed E-state index contributed by atoms with van der Waals surface area (Å²) in [6.07, 6.45) is 3.32. The Hall–Kier alpha value is -1.21. The Labute approximate surface area is 156 Å². The second-order valence-electron chi connectivity index (χ2n) is 6.63. The zero-order chi connectivity index (χ0) is 16.7. The predicted molar refractivity (Wildman–Crippen MR) is 100 cm³/mol. The number of hydrogen-bond donors (Lipinski definition) is 1. The highest BCUT2D eigenvalue weighted by Gasteiger charge is 2.33. The Bertz CT molecular complexity index is 782. The van der Waals surface area contributed by atoms with Crippen LogP contribution in [0.1, 0.15) is 34.5 Å². The molecule has 1 aromatic heterocycles. The molecule has 3 heterocycles. The van der Waals surface area contributed by atoms with Gasteiger partial charge in [0.2, 0.25) is 0 Å². The second-order valence-corrected chi connectivity index (χ2v) is 7.69. The maximum Gasteiger partial charge on any atom is 0.264 e. The minimum absolute atomic E-state index is 0. The Kier molecular flexibility index (Phi) is 5.63. The summed E-state index contributed by atoms with van der Waals surface area (Å²) in [5.74, 6) is -0.275. The van der Waals surface area contributed by atoms with Crippen LogP contribution in [0.25, 0.3) is 10.1 Å². The molecule has 0 saturated carbocycles. The first kappa shape index (κ1) is 18.6. The largest absolute Gasteiger partial charge is 0.380 e. The number of carbonyl (C=O) groups excluding carboxylic acids is 1. The van der Waals surface area contributed by atoms with Crippen LogP contribution in [0.5, 0.6) is 0 Å². The molecule has 1 aromatic carbocycles. The molecule has 0 spiro atoms. The number of amides is 1. The van der Waals surface area contributed by atoms with Crippen LogP contribution in [0.2, 0.25) is 0 Å². The summed E-state index contributed by atoms with van der Waals surface area (Å²) in [5, 5.41) is 4.12. The first-order valence-corrected chi connectivity index (χ1v) is 9.23. The molecule has 2 aromatic rings. The molecule has 25 heavy (non-hydrogen) atoms. The molecule has 4 nitrogen and oxygen atoms in total. The number of thiophene rings is 1. The monoisotopic (exact) mass is 384 g/mol. The summed E-state index contributed by atoms with van der Waals surface area (Å²) in [7, 11) is 1.58. The Morgan fingerprint density at radius 2 is 2.16 bits per heavy atom. The van der Waals surface area contributed by atoms with Gasteiger partial charge in [0.1, 0.15) is 5.82 Å². The zero-order valence-electron chi connectivity index (χ0n) is 14.1. The van der Waals surface area contributed by atoms with Crippen molar-refractivity contribution in [1.82, 2.24) is 10.2 Å². The van der Waals surface area contributed by atoms with E-state index in [9.17, 15) is 9.18 Å². The van der Waals surface area contributed by atoms with Gasteiger partial charge < -0.3 is 15.0 Å². The molecule has 0 aliphatic carbocycles. The fourth-order valence-electron chi connectivity index (χ4n) is 3.89. The third-order valence-electron chi connectivity index (χ3n) is 5.06. The molecular weight excluding hydrogens is 363 g/mol. The summed E-state index contributed by atoms with van der Waals surface area (Å²) >= 11 is 1.37. The van der Waals surface area contributed by atoms with Crippen LogP contribution < -0.4 is 5.32 Å². The van der Waals surface area contributed by atoms with Gasteiger partial charge in [0.15, 0.2) is 0 Å². The number of nitrogens with zero attached hydrogens (tertiary/aromatic N) is 1. The number of nitrogens with one attached hydrogen (secondary N) is 1. The van der Waals surface area contributed by atoms with E-state index in [0.29, 0.717) is 27.9 Å². The van der Waals surface area contributed by atoms with Crippen LogP contribution in [-0.4, -0.2) is 43.1 Å². The van der Waals surface area contributed by atoms with Crippen molar-refractivity contribution < 1.29 is 13.9 Å². The van der Waals surface area contributed by atoms with E-state index >= 15 is 0 Å². The first-order valence-electron chi connectivity index (χ1n) is 8.41. The standard InChI is InChI=1S/C18H21FN2O2S.ClH/c1-23-10-13-16-14(19)3-2-4-15(16)24-17(13)18(22)21-8-7-11-5-6-12(9-21)20-11;/h2-4,11-12,20H,5-10H2,1H3;1H. The number of carbonyl (C=O) groups is 1. The number of ether oxygens (including phenoxy) is 1. The minimum atomic E-state index is -0.286. The lowest BCUT2D eigenvalue weighted by atomic mass is 10.1. The van der Waals surface area contributed by atoms with E-state index in [1.165, 1.54) is 23.8 Å². The topological polar surface area (TPSA) is 41.6 Å². The van der Waals surface area contributed by atoms with E-state index in [1.54, 1.807) is 13.2 Å². The minimum Gasteiger partial charge on any atom is -0.380 e. The normalized spacial score (nSPS) is 22.7. The molecule has 136 valence electrons. The number of fused-ring (bicyclic) bond motifs is 3. The van der Waals surface area contributed by atoms with Crippen molar-refractivity contribution in [1.29, 1.82) is 0 Å². The molecule has 2 fully saturated rings. The smallest absolute Gasteiger partial charge is 0.264 e. The van der Waals surface area contributed by atoms with Crippen molar-refractivity contribution in [2.45, 2.75) is 38.0 Å². The zero-order valence-corrected chi connectivity index (χ0v) is 15.7. The molecule has 2 bridgehead atoms. The lowest BCUT2D eigenvalue weighted by molar-refractivity contribution is 0.0749. The molecule has 4 rings (SSSR count). The van der Waals surface area contributed by atoms with Crippen molar-refractivity contribution in [2.24, 2.45) is 0 Å². The van der Waals surface area contributed by atoms with Gasteiger partial charge >= 0.3 is 0 Å². The lowest BCUT2D eigenvalue weighted by Crippen LogP contribution is -2.39. The fourth-order valence-corrected chi connectivity index (χ4v) is 5.08. The van der Waals surface area contributed by atoms with E-state index in [1.807, 2.05) is 11.0 Å². The van der Waals surface area contributed by atoms with Gasteiger partial charge in [-0.2, -0.15) is 0 Å². The van der Waals surface area contributed by atoms with E-state index < -0.39 is 0 Å². The van der Waals surface area contributed by atoms with Crippen molar-refractivity contribution in [3.05, 3.63) is 34.5 Å². The van der Waals surface area contributed by atoms with E-state index in [2.05, 4.69) is 5.32 Å². The number of hydrogen-bond acceptors (Lipinski definition) is 4. The molecule has 7 heteroatoms. The first-order chi connectivity index (χ1) is 11.7. The molecule has 1 N–H and O–H groups in total. The molecule has 2 saturated heterocycles. The number of benzene rings is 1. The Morgan fingerprint density at radius 1 is 1.36 bits per heavy atom. The van der Waals surface area contributed by atoms with Gasteiger partial charge in [-0.05, 0) is 31.4 Å². The summed E-state index contributed by atoms with van der Waals surface area (Å²) < 4.78 is 20.4. The van der Waals surface area contributed by atoms with Gasteiger partial charge in [0.25, 0.3) is 5.91 Å². The van der Waals surface area contributed by atoms with Crippen LogP contribution in [0.3, 0.4) is 0 Å². The van der Waals surface area contributed by atoms with Crippen LogP contribution in [0, 0.1) is 5.82 Å². The highest BCUT2D eigenvalue weighted by atomic mass is 35.5. The summed E-state index contributed by atoms with van der Waals surface area (Å²) in [6.45, 7) is 1.74. The number of rotatable bonds is 3. The fraction of sp³-hybridized carbons (Fsp3) is 0.500. The Morgan fingerprint density at radius 3 is 2.96 bits per heavy atom. The molecule has 2 aliphatic rings. The van der Waals surface area contributed by atoms with Gasteiger partial charge in [-0.15, -0.1) is 23.7 Å². The van der Waals surface area contributed by atoms with Gasteiger partial charge in [-0.1, -0.05) is 6.07 Å². The predicted octanol–water partition coefficient (Wildman–Crippen LogP) is 3.58. The van der Waals surface area contributed by atoms with Gasteiger partial charge in [0, 0.05) is 47.9 Å². The van der Waals surface area contributed by atoms with E-state index in [0.717, 1.165) is 30.6 Å². The van der Waals surface area contributed by atoms with Crippen LogP contribution in [0.15, 0.2) is 18.2 Å². The van der Waals surface area contributed by atoms with Crippen molar-refractivity contribution in [2.75, 3.05) is 20.2 Å². The van der Waals surface area contributed by atoms with E-state index in [4.69, 9.17) is 4.74 Å². The second kappa shape index (κ2) is 7.58. The highest BCUT2D eigenvalue weighted by molar-refractivity contribution is 7.21. The molecule has 2 unspecified atom stereocenters. The van der Waals surface area contributed by atoms with Crippen molar-refractivity contribution >= 4 is 39.7 Å². The summed E-state index contributed by atoms with van der Waals surface area (Å²) in [6, 6.07) is 5.92. The molecule has 1 amide bonds. The third kappa shape index (κ3) is 3.40. The van der Waals surface area contributed by atoms with Gasteiger partial charge in [-0.3, -0.25) is 4.79 Å². The van der Waals surface area contributed by atoms with Crippen LogP contribution in [0.4, 0.5) is 4.39 Å². The van der Waals surface area contributed by atoms with Gasteiger partial charge in [0.05, 0.1) is 11.5 Å². The summed E-state index contributed by atoms with van der Waals surface area (Å²) in [5.41, 5.74) is 0.683. The average molecular weight is 385 g/mol. The number of methoxy groups -OCH3 is 1. The van der Waals surface area contributed by atoms with Gasteiger partial charge in [-0.25, -0.2) is 4.39 Å². The Balaban J connectivity index is 0.00000182. The SMILES string of the molecule is COCc1c(C(=O)N2CCC3CCC(C2)N3)sc2cccc(F)c12.Cl. The average Bonchev–Trinajstić information content (AvgIpc) is 3.08. The van der Waals surface area contributed by atoms with E-state index in [-0.39, 0.29) is 30.7 Å². The molecule has 0 radical (unpaired) electrons. The quantitative estimate of drug-likeness (QED) is 0.879. The molecule has 2 aliphatic heterocycles. The van der Waals surface area contributed by atoms with Crippen LogP contribution in [-0.2, 0) is 11.3 Å². The maximum absolute atomic E-state index is 14.3. The maximum atomic E-state index is 14.3. The summed E-state index contributed by atoms with van der Waals surface area (Å²) in [4.78, 5) is 15.7. The number of likely N-dealkylation sites (tertiary alicyclic amines) is 1.